The molecule has 0 spiro atoms. The third-order valence-electron chi connectivity index (χ3n) is 4.22. The quantitative estimate of drug-likeness (QED) is 0.653. The molecule has 0 aliphatic carbocycles. The van der Waals surface area contributed by atoms with Gasteiger partial charge in [-0.15, -0.1) is 0 Å². The van der Waals surface area contributed by atoms with Gasteiger partial charge in [0, 0.05) is 25.6 Å². The first kappa shape index (κ1) is 18.4. The van der Waals surface area contributed by atoms with Crippen molar-refractivity contribution in [1.82, 2.24) is 9.29 Å². The molecule has 0 N–H and O–H groups in total. The smallest absolute Gasteiger partial charge is 0.243 e. The molecular formula is C20H22N2O3S. The lowest BCUT2D eigenvalue weighted by atomic mass is 10.1. The predicted octanol–water partition coefficient (Wildman–Crippen LogP) is 4.17. The van der Waals surface area contributed by atoms with E-state index in [0.717, 1.165) is 22.6 Å². The zero-order valence-corrected chi connectivity index (χ0v) is 16.0. The molecule has 0 amide bonds. The second kappa shape index (κ2) is 7.43. The van der Waals surface area contributed by atoms with Gasteiger partial charge in [-0.25, -0.2) is 13.4 Å². The van der Waals surface area contributed by atoms with E-state index in [1.54, 1.807) is 31.2 Å². The van der Waals surface area contributed by atoms with Gasteiger partial charge in [0.15, 0.2) is 5.89 Å². The number of nitrogens with zero attached hydrogens (tertiary/aromatic N) is 2. The lowest BCUT2D eigenvalue weighted by molar-refractivity contribution is 0.423. The summed E-state index contributed by atoms with van der Waals surface area (Å²) in [5, 5.41) is 0. The molecule has 0 aliphatic rings. The highest BCUT2D eigenvalue weighted by Crippen LogP contribution is 2.26. The normalized spacial score (nSPS) is 11.8. The van der Waals surface area contributed by atoms with Crippen LogP contribution >= 0.6 is 0 Å². The lowest BCUT2D eigenvalue weighted by Crippen LogP contribution is -2.30. The van der Waals surface area contributed by atoms with E-state index < -0.39 is 10.0 Å². The fraction of sp³-hybridized carbons (Fsp3) is 0.250. The maximum atomic E-state index is 13.0. The molecule has 136 valence electrons. The van der Waals surface area contributed by atoms with Gasteiger partial charge >= 0.3 is 0 Å². The zero-order valence-electron chi connectivity index (χ0n) is 15.1. The molecule has 5 nitrogen and oxygen atoms in total. The van der Waals surface area contributed by atoms with Crippen molar-refractivity contribution in [2.24, 2.45) is 0 Å². The highest BCUT2D eigenvalue weighted by molar-refractivity contribution is 7.89. The van der Waals surface area contributed by atoms with Gasteiger partial charge in [-0.1, -0.05) is 49.4 Å². The summed E-state index contributed by atoms with van der Waals surface area (Å²) in [4.78, 5) is 4.63. The fourth-order valence-corrected chi connectivity index (χ4v) is 4.32. The van der Waals surface area contributed by atoms with Crippen molar-refractivity contribution < 1.29 is 12.8 Å². The van der Waals surface area contributed by atoms with E-state index in [1.807, 2.05) is 44.2 Å². The minimum Gasteiger partial charge on any atom is -0.446 e. The van der Waals surface area contributed by atoms with Crippen LogP contribution in [0.2, 0.25) is 0 Å². The van der Waals surface area contributed by atoms with Crippen molar-refractivity contribution in [3.8, 4) is 11.3 Å². The van der Waals surface area contributed by atoms with Crippen molar-refractivity contribution in [2.75, 3.05) is 6.54 Å². The average molecular weight is 370 g/mol. The summed E-state index contributed by atoms with van der Waals surface area (Å²) in [6.07, 6.45) is 0. The first-order valence-electron chi connectivity index (χ1n) is 8.50. The summed E-state index contributed by atoms with van der Waals surface area (Å²) in [5.74, 6) is 1.31. The SMILES string of the molecule is CCN(Cc1ccccc1)S(=O)(=O)c1ccc(-c2nc(C)oc2C)cc1. The number of rotatable bonds is 6. The summed E-state index contributed by atoms with van der Waals surface area (Å²) >= 11 is 0. The van der Waals surface area contributed by atoms with E-state index in [0.29, 0.717) is 19.0 Å². The third-order valence-corrected chi connectivity index (χ3v) is 6.16. The number of benzene rings is 2. The molecule has 0 bridgehead atoms. The van der Waals surface area contributed by atoms with Crippen LogP contribution in [0.4, 0.5) is 0 Å². The predicted molar refractivity (Wildman–Crippen MR) is 101 cm³/mol. The number of aryl methyl sites for hydroxylation is 2. The molecular weight excluding hydrogens is 348 g/mol. The summed E-state index contributed by atoms with van der Waals surface area (Å²) in [5.41, 5.74) is 2.54. The molecule has 0 unspecified atom stereocenters. The molecule has 0 fully saturated rings. The molecule has 26 heavy (non-hydrogen) atoms. The Kier molecular flexibility index (Phi) is 5.25. The van der Waals surface area contributed by atoms with Crippen LogP contribution in [0.25, 0.3) is 11.3 Å². The van der Waals surface area contributed by atoms with Crippen LogP contribution in [0, 0.1) is 13.8 Å². The fourth-order valence-electron chi connectivity index (χ4n) is 2.88. The number of sulfonamides is 1. The monoisotopic (exact) mass is 370 g/mol. The Hall–Kier alpha value is -2.44. The zero-order chi connectivity index (χ0) is 18.7. The van der Waals surface area contributed by atoms with Gasteiger partial charge in [-0.2, -0.15) is 4.31 Å². The van der Waals surface area contributed by atoms with Gasteiger partial charge in [0.05, 0.1) is 4.90 Å². The first-order valence-corrected chi connectivity index (χ1v) is 9.94. The summed E-state index contributed by atoms with van der Waals surface area (Å²) < 4.78 is 32.9. The second-order valence-electron chi connectivity index (χ2n) is 6.08. The highest BCUT2D eigenvalue weighted by Gasteiger charge is 2.23. The van der Waals surface area contributed by atoms with Crippen LogP contribution in [-0.2, 0) is 16.6 Å². The lowest BCUT2D eigenvalue weighted by Gasteiger charge is -2.20. The van der Waals surface area contributed by atoms with Gasteiger partial charge in [-0.05, 0) is 24.6 Å². The molecule has 3 rings (SSSR count). The van der Waals surface area contributed by atoms with Crippen LogP contribution in [0.5, 0.6) is 0 Å². The Bertz CT molecular complexity index is 978. The molecule has 1 aromatic heterocycles. The summed E-state index contributed by atoms with van der Waals surface area (Å²) in [6.45, 7) is 6.23. The Balaban J connectivity index is 1.87. The van der Waals surface area contributed by atoms with E-state index in [-0.39, 0.29) is 4.90 Å². The van der Waals surface area contributed by atoms with E-state index >= 15 is 0 Å². The molecule has 0 atom stereocenters. The molecule has 3 aromatic rings. The van der Waals surface area contributed by atoms with Gasteiger partial charge < -0.3 is 4.42 Å². The van der Waals surface area contributed by atoms with Crippen LogP contribution in [-0.4, -0.2) is 24.3 Å². The van der Waals surface area contributed by atoms with Crippen LogP contribution < -0.4 is 0 Å². The Labute approximate surface area is 154 Å². The van der Waals surface area contributed by atoms with Crippen LogP contribution in [0.15, 0.2) is 63.9 Å². The largest absolute Gasteiger partial charge is 0.446 e. The Morgan fingerprint density at radius 2 is 1.65 bits per heavy atom. The van der Waals surface area contributed by atoms with Crippen LogP contribution in [0.1, 0.15) is 24.1 Å². The molecule has 0 aliphatic heterocycles. The van der Waals surface area contributed by atoms with E-state index in [2.05, 4.69) is 4.98 Å². The van der Waals surface area contributed by atoms with Crippen molar-refractivity contribution in [1.29, 1.82) is 0 Å². The summed E-state index contributed by atoms with van der Waals surface area (Å²) in [7, 11) is -3.56. The minimum atomic E-state index is -3.56. The van der Waals surface area contributed by atoms with Crippen molar-refractivity contribution in [3.63, 3.8) is 0 Å². The average Bonchev–Trinajstić information content (AvgIpc) is 2.98. The topological polar surface area (TPSA) is 63.4 Å². The molecule has 6 heteroatoms. The molecule has 1 heterocycles. The van der Waals surface area contributed by atoms with Crippen molar-refractivity contribution >= 4 is 10.0 Å². The van der Waals surface area contributed by atoms with Crippen LogP contribution in [0.3, 0.4) is 0 Å². The molecule has 0 radical (unpaired) electrons. The maximum absolute atomic E-state index is 13.0. The number of aromatic nitrogens is 1. The van der Waals surface area contributed by atoms with Gasteiger partial charge in [0.1, 0.15) is 11.5 Å². The second-order valence-corrected chi connectivity index (χ2v) is 8.02. The standard InChI is InChI=1S/C20H22N2O3S/c1-4-22(14-17-8-6-5-7-9-17)26(23,24)19-12-10-18(11-13-19)20-15(2)25-16(3)21-20/h5-13H,4,14H2,1-3H3. The first-order chi connectivity index (χ1) is 12.4. The van der Waals surface area contributed by atoms with Gasteiger partial charge in [0.25, 0.3) is 0 Å². The van der Waals surface area contributed by atoms with E-state index in [1.165, 1.54) is 4.31 Å². The van der Waals surface area contributed by atoms with Crippen molar-refractivity contribution in [3.05, 3.63) is 71.8 Å². The Morgan fingerprint density at radius 3 is 2.19 bits per heavy atom. The minimum absolute atomic E-state index is 0.275. The van der Waals surface area contributed by atoms with E-state index in [9.17, 15) is 8.42 Å². The molecule has 2 aromatic carbocycles. The highest BCUT2D eigenvalue weighted by atomic mass is 32.2. The van der Waals surface area contributed by atoms with E-state index in [4.69, 9.17) is 4.42 Å². The molecule has 0 saturated heterocycles. The number of hydrogen-bond acceptors (Lipinski definition) is 4. The Morgan fingerprint density at radius 1 is 1.00 bits per heavy atom. The molecule has 0 saturated carbocycles. The third kappa shape index (κ3) is 3.71. The maximum Gasteiger partial charge on any atom is 0.243 e. The van der Waals surface area contributed by atoms with Crippen molar-refractivity contribution in [2.45, 2.75) is 32.2 Å². The van der Waals surface area contributed by atoms with Gasteiger partial charge in [-0.3, -0.25) is 0 Å². The number of oxazole rings is 1. The number of hydrogen-bond donors (Lipinski definition) is 0. The summed E-state index contributed by atoms with van der Waals surface area (Å²) in [6, 6.07) is 16.4. The van der Waals surface area contributed by atoms with Gasteiger partial charge in [0.2, 0.25) is 10.0 Å².